The van der Waals surface area contributed by atoms with E-state index in [1.165, 1.54) is 17.2 Å². The number of rotatable bonds is 6. The Labute approximate surface area is 157 Å². The van der Waals surface area contributed by atoms with Gasteiger partial charge in [0, 0.05) is 18.5 Å². The topological polar surface area (TPSA) is 119 Å². The van der Waals surface area contributed by atoms with E-state index in [-0.39, 0.29) is 42.8 Å². The second kappa shape index (κ2) is 7.39. The highest BCUT2D eigenvalue weighted by Gasteiger charge is 2.14. The molecule has 0 unspecified atom stereocenters. The fraction of sp³-hybridized carbons (Fsp3) is 0.158. The molecule has 9 heteroatoms. The first kappa shape index (κ1) is 17.5. The van der Waals surface area contributed by atoms with Crippen molar-refractivity contribution in [1.82, 2.24) is 20.2 Å². The third-order valence-corrected chi connectivity index (χ3v) is 4.14. The first-order valence-electron chi connectivity index (χ1n) is 8.58. The van der Waals surface area contributed by atoms with Crippen molar-refractivity contribution in [3.8, 4) is 0 Å². The average molecular weight is 380 g/mol. The Hall–Kier alpha value is -3.88. The number of carbonyl (C=O) groups excluding carboxylic acids is 2. The lowest BCUT2D eigenvalue weighted by Crippen LogP contribution is -2.37. The number of carbonyl (C=O) groups is 2. The molecule has 2 amide bonds. The van der Waals surface area contributed by atoms with Gasteiger partial charge in [-0.05, 0) is 24.3 Å². The van der Waals surface area contributed by atoms with Crippen LogP contribution < -0.4 is 16.2 Å². The zero-order valence-electron chi connectivity index (χ0n) is 14.7. The molecule has 0 bridgehead atoms. The summed E-state index contributed by atoms with van der Waals surface area (Å²) in [5.41, 5.74) is 0.721. The Morgan fingerprint density at radius 2 is 1.89 bits per heavy atom. The van der Waals surface area contributed by atoms with Crippen molar-refractivity contribution in [3.05, 3.63) is 65.1 Å². The van der Waals surface area contributed by atoms with E-state index in [0.29, 0.717) is 11.1 Å². The molecule has 3 aromatic heterocycles. The highest BCUT2D eigenvalue weighted by molar-refractivity contribution is 6.01. The SMILES string of the molecule is O=C(Cn1cnc2c(oc3ccccc32)c1=O)NCCNC(=O)c1ccco1. The second-order valence-corrected chi connectivity index (χ2v) is 6.04. The van der Waals surface area contributed by atoms with Crippen LogP contribution in [0.1, 0.15) is 10.6 Å². The van der Waals surface area contributed by atoms with Crippen LogP contribution in [-0.4, -0.2) is 34.5 Å². The maximum atomic E-state index is 12.6. The molecule has 0 aliphatic heterocycles. The predicted octanol–water partition coefficient (Wildman–Crippen LogP) is 1.28. The minimum absolute atomic E-state index is 0.113. The number of fused-ring (bicyclic) bond motifs is 3. The van der Waals surface area contributed by atoms with Crippen molar-refractivity contribution in [2.75, 3.05) is 13.1 Å². The van der Waals surface area contributed by atoms with Crippen molar-refractivity contribution in [2.24, 2.45) is 0 Å². The Balaban J connectivity index is 1.37. The molecule has 142 valence electrons. The van der Waals surface area contributed by atoms with Gasteiger partial charge in [0.25, 0.3) is 11.5 Å². The molecule has 0 aliphatic carbocycles. The summed E-state index contributed by atoms with van der Waals surface area (Å²) in [5.74, 6) is -0.551. The summed E-state index contributed by atoms with van der Waals surface area (Å²) in [5, 5.41) is 5.99. The Morgan fingerprint density at radius 3 is 2.71 bits per heavy atom. The molecule has 0 saturated carbocycles. The van der Waals surface area contributed by atoms with Gasteiger partial charge in [0.15, 0.2) is 5.76 Å². The zero-order chi connectivity index (χ0) is 19.5. The van der Waals surface area contributed by atoms with Crippen LogP contribution in [0.25, 0.3) is 22.1 Å². The molecule has 28 heavy (non-hydrogen) atoms. The molecular weight excluding hydrogens is 364 g/mol. The van der Waals surface area contributed by atoms with Crippen LogP contribution in [0.3, 0.4) is 0 Å². The van der Waals surface area contributed by atoms with Crippen molar-refractivity contribution >= 4 is 33.9 Å². The molecule has 0 radical (unpaired) electrons. The molecule has 3 heterocycles. The fourth-order valence-electron chi connectivity index (χ4n) is 2.81. The van der Waals surface area contributed by atoms with Crippen LogP contribution in [0, 0.1) is 0 Å². The quantitative estimate of drug-likeness (QED) is 0.486. The van der Waals surface area contributed by atoms with Crippen LogP contribution >= 0.6 is 0 Å². The average Bonchev–Trinajstić information content (AvgIpc) is 3.35. The molecule has 4 rings (SSSR count). The summed E-state index contributed by atoms with van der Waals surface area (Å²) >= 11 is 0. The number of para-hydroxylation sites is 1. The minimum atomic E-state index is -0.428. The summed E-state index contributed by atoms with van der Waals surface area (Å²) < 4.78 is 11.7. The zero-order valence-corrected chi connectivity index (χ0v) is 14.7. The molecule has 0 spiro atoms. The van der Waals surface area contributed by atoms with Gasteiger partial charge in [-0.15, -0.1) is 0 Å². The number of amides is 2. The molecule has 1 aromatic carbocycles. The highest BCUT2D eigenvalue weighted by Crippen LogP contribution is 2.23. The van der Waals surface area contributed by atoms with Crippen molar-refractivity contribution in [2.45, 2.75) is 6.54 Å². The van der Waals surface area contributed by atoms with Gasteiger partial charge in [-0.3, -0.25) is 19.0 Å². The smallest absolute Gasteiger partial charge is 0.297 e. The highest BCUT2D eigenvalue weighted by atomic mass is 16.3. The molecule has 0 saturated heterocycles. The standard InChI is InChI=1S/C19H16N4O5/c24-15(20-7-8-21-18(25)14-6-3-9-27-14)10-23-11-22-16-12-4-1-2-5-13(12)28-17(16)19(23)26/h1-6,9,11H,7-8,10H2,(H,20,24)(H,21,25). The van der Waals surface area contributed by atoms with Crippen molar-refractivity contribution < 1.29 is 18.4 Å². The third kappa shape index (κ3) is 3.37. The molecule has 0 aliphatic rings. The van der Waals surface area contributed by atoms with Crippen LogP contribution in [0.2, 0.25) is 0 Å². The number of benzene rings is 1. The number of furan rings is 2. The maximum Gasteiger partial charge on any atom is 0.297 e. The summed E-state index contributed by atoms with van der Waals surface area (Å²) in [6.45, 7) is 0.228. The van der Waals surface area contributed by atoms with E-state index in [1.807, 2.05) is 12.1 Å². The second-order valence-electron chi connectivity index (χ2n) is 6.04. The van der Waals surface area contributed by atoms with E-state index < -0.39 is 5.56 Å². The van der Waals surface area contributed by atoms with E-state index in [0.717, 1.165) is 5.39 Å². The Morgan fingerprint density at radius 1 is 1.07 bits per heavy atom. The number of nitrogens with one attached hydrogen (secondary N) is 2. The van der Waals surface area contributed by atoms with Crippen molar-refractivity contribution in [1.29, 1.82) is 0 Å². The molecule has 0 atom stereocenters. The van der Waals surface area contributed by atoms with Gasteiger partial charge in [0.2, 0.25) is 11.5 Å². The summed E-state index contributed by atoms with van der Waals surface area (Å²) in [4.78, 5) is 40.6. The first-order chi connectivity index (χ1) is 13.6. The molecular formula is C19H16N4O5. The van der Waals surface area contributed by atoms with Gasteiger partial charge in [-0.2, -0.15) is 0 Å². The lowest BCUT2D eigenvalue weighted by Gasteiger charge is -2.07. The number of aromatic nitrogens is 2. The first-order valence-corrected chi connectivity index (χ1v) is 8.58. The van der Waals surface area contributed by atoms with Crippen LogP contribution in [0.5, 0.6) is 0 Å². The van der Waals surface area contributed by atoms with Crippen LogP contribution in [0.4, 0.5) is 0 Å². The van der Waals surface area contributed by atoms with Gasteiger partial charge < -0.3 is 19.5 Å². The monoisotopic (exact) mass is 380 g/mol. The lowest BCUT2D eigenvalue weighted by molar-refractivity contribution is -0.121. The molecule has 0 fully saturated rings. The van der Waals surface area contributed by atoms with Gasteiger partial charge in [-0.25, -0.2) is 4.98 Å². The molecule has 9 nitrogen and oxygen atoms in total. The number of hydrogen-bond acceptors (Lipinski definition) is 6. The van der Waals surface area contributed by atoms with Gasteiger partial charge in [-0.1, -0.05) is 12.1 Å². The maximum absolute atomic E-state index is 12.6. The van der Waals surface area contributed by atoms with Crippen LogP contribution in [-0.2, 0) is 11.3 Å². The van der Waals surface area contributed by atoms with Gasteiger partial charge >= 0.3 is 0 Å². The number of hydrogen-bond donors (Lipinski definition) is 2. The molecule has 4 aromatic rings. The Bertz CT molecular complexity index is 1210. The predicted molar refractivity (Wildman–Crippen MR) is 99.8 cm³/mol. The number of nitrogens with zero attached hydrogens (tertiary/aromatic N) is 2. The van der Waals surface area contributed by atoms with E-state index >= 15 is 0 Å². The van der Waals surface area contributed by atoms with E-state index in [1.54, 1.807) is 24.3 Å². The lowest BCUT2D eigenvalue weighted by atomic mass is 10.2. The summed E-state index contributed by atoms with van der Waals surface area (Å²) in [6.07, 6.45) is 2.73. The van der Waals surface area contributed by atoms with Gasteiger partial charge in [0.05, 0.1) is 12.6 Å². The van der Waals surface area contributed by atoms with E-state index in [2.05, 4.69) is 15.6 Å². The van der Waals surface area contributed by atoms with Crippen LogP contribution in [0.15, 0.2) is 62.6 Å². The molecule has 2 N–H and O–H groups in total. The Kier molecular flexibility index (Phi) is 4.63. The summed E-state index contributed by atoms with van der Waals surface area (Å²) in [7, 11) is 0. The summed E-state index contributed by atoms with van der Waals surface area (Å²) in [6, 6.07) is 10.4. The fourth-order valence-corrected chi connectivity index (χ4v) is 2.81. The van der Waals surface area contributed by atoms with E-state index in [9.17, 15) is 14.4 Å². The van der Waals surface area contributed by atoms with Gasteiger partial charge in [0.1, 0.15) is 17.6 Å². The van der Waals surface area contributed by atoms with E-state index in [4.69, 9.17) is 8.83 Å². The normalized spacial score (nSPS) is 11.0. The minimum Gasteiger partial charge on any atom is -0.459 e. The third-order valence-electron chi connectivity index (χ3n) is 4.14. The van der Waals surface area contributed by atoms with Crippen molar-refractivity contribution in [3.63, 3.8) is 0 Å². The largest absolute Gasteiger partial charge is 0.459 e.